The van der Waals surface area contributed by atoms with Crippen molar-refractivity contribution in [1.29, 1.82) is 0 Å². The number of hydrogen-bond donors (Lipinski definition) is 1. The summed E-state index contributed by atoms with van der Waals surface area (Å²) >= 11 is 0. The topological polar surface area (TPSA) is 79.0 Å². The number of aryl methyl sites for hydroxylation is 1. The van der Waals surface area contributed by atoms with Crippen LogP contribution in [0.2, 0.25) is 0 Å². The lowest BCUT2D eigenvalue weighted by Gasteiger charge is -2.33. The first-order chi connectivity index (χ1) is 12.5. The van der Waals surface area contributed by atoms with Crippen LogP contribution in [0, 0.1) is 12.3 Å². The van der Waals surface area contributed by atoms with Gasteiger partial charge in [0.05, 0.1) is 11.1 Å². The molecular weight excluding hydrogens is 334 g/mol. The molecule has 2 fully saturated rings. The predicted molar refractivity (Wildman–Crippen MR) is 94.9 cm³/mol. The first-order valence-electron chi connectivity index (χ1n) is 9.08. The summed E-state index contributed by atoms with van der Waals surface area (Å²) in [5.41, 5.74) is 1.19. The van der Waals surface area contributed by atoms with Crippen molar-refractivity contribution in [3.63, 3.8) is 0 Å². The molecular formula is C19H23N3O4. The number of anilines is 1. The number of amides is 3. The lowest BCUT2D eigenvalue weighted by molar-refractivity contribution is -0.135. The molecule has 1 N–H and O–H groups in total. The molecule has 7 heteroatoms. The molecule has 1 aromatic carbocycles. The molecule has 3 aliphatic heterocycles. The van der Waals surface area contributed by atoms with Gasteiger partial charge in [-0.05, 0) is 43.9 Å². The third-order valence-electron chi connectivity index (χ3n) is 5.66. The normalized spacial score (nSPS) is 25.1. The van der Waals surface area contributed by atoms with E-state index in [1.54, 1.807) is 4.90 Å². The molecule has 0 aromatic heterocycles. The van der Waals surface area contributed by atoms with Crippen LogP contribution in [0.25, 0.3) is 0 Å². The summed E-state index contributed by atoms with van der Waals surface area (Å²) in [5.74, 6) is 0.332. The van der Waals surface area contributed by atoms with E-state index in [1.165, 1.54) is 4.90 Å². The summed E-state index contributed by atoms with van der Waals surface area (Å²) in [6, 6.07) is 5.60. The predicted octanol–water partition coefficient (Wildman–Crippen LogP) is 0.849. The van der Waals surface area contributed by atoms with Gasteiger partial charge in [0.1, 0.15) is 12.3 Å². The molecule has 7 nitrogen and oxygen atoms in total. The zero-order valence-corrected chi connectivity index (χ0v) is 14.9. The molecule has 0 bridgehead atoms. The first-order valence-corrected chi connectivity index (χ1v) is 9.08. The largest absolute Gasteiger partial charge is 0.482 e. The highest BCUT2D eigenvalue weighted by Gasteiger charge is 2.47. The van der Waals surface area contributed by atoms with Crippen LogP contribution in [0.15, 0.2) is 18.2 Å². The molecule has 138 valence electrons. The van der Waals surface area contributed by atoms with E-state index in [0.717, 1.165) is 18.4 Å². The Morgan fingerprint density at radius 1 is 1.31 bits per heavy atom. The van der Waals surface area contributed by atoms with E-state index in [2.05, 4.69) is 5.32 Å². The molecule has 1 spiro atoms. The van der Waals surface area contributed by atoms with Gasteiger partial charge in [0.15, 0.2) is 6.61 Å². The summed E-state index contributed by atoms with van der Waals surface area (Å²) in [7, 11) is 0. The van der Waals surface area contributed by atoms with E-state index >= 15 is 0 Å². The van der Waals surface area contributed by atoms with Crippen LogP contribution in [0.4, 0.5) is 5.69 Å². The number of piperidine rings is 1. The van der Waals surface area contributed by atoms with Gasteiger partial charge in [-0.25, -0.2) is 0 Å². The fourth-order valence-corrected chi connectivity index (χ4v) is 4.13. The minimum absolute atomic E-state index is 0.0175. The van der Waals surface area contributed by atoms with Gasteiger partial charge in [-0.1, -0.05) is 6.07 Å². The monoisotopic (exact) mass is 357 g/mol. The third-order valence-corrected chi connectivity index (χ3v) is 5.66. The zero-order valence-electron chi connectivity index (χ0n) is 14.9. The molecule has 0 radical (unpaired) electrons. The second-order valence-electron chi connectivity index (χ2n) is 7.44. The van der Waals surface area contributed by atoms with Crippen LogP contribution < -0.4 is 15.0 Å². The zero-order chi connectivity index (χ0) is 18.3. The van der Waals surface area contributed by atoms with Crippen molar-refractivity contribution in [2.45, 2.75) is 26.2 Å². The van der Waals surface area contributed by atoms with Crippen molar-refractivity contribution in [2.75, 3.05) is 37.7 Å². The highest BCUT2D eigenvalue weighted by atomic mass is 16.5. The SMILES string of the molecule is Cc1ccc2c(c1)N(CC(=O)N1CC[C@@]3(CCCNC3=O)C1)C(=O)CO2. The molecule has 3 heterocycles. The van der Waals surface area contributed by atoms with Gasteiger partial charge in [0.25, 0.3) is 5.91 Å². The van der Waals surface area contributed by atoms with Crippen molar-refractivity contribution >= 4 is 23.4 Å². The molecule has 26 heavy (non-hydrogen) atoms. The number of rotatable bonds is 2. The molecule has 0 saturated carbocycles. The van der Waals surface area contributed by atoms with Crippen LogP contribution in [0.5, 0.6) is 5.75 Å². The van der Waals surface area contributed by atoms with Gasteiger partial charge in [-0.2, -0.15) is 0 Å². The van der Waals surface area contributed by atoms with Crippen molar-refractivity contribution in [3.8, 4) is 5.75 Å². The van der Waals surface area contributed by atoms with E-state index in [0.29, 0.717) is 37.5 Å². The van der Waals surface area contributed by atoms with Crippen molar-refractivity contribution in [1.82, 2.24) is 10.2 Å². The Labute approximate surface area is 152 Å². The molecule has 1 aromatic rings. The van der Waals surface area contributed by atoms with E-state index in [9.17, 15) is 14.4 Å². The Bertz CT molecular complexity index is 778. The number of nitrogens with zero attached hydrogens (tertiary/aromatic N) is 2. The van der Waals surface area contributed by atoms with Crippen molar-refractivity contribution < 1.29 is 19.1 Å². The number of fused-ring (bicyclic) bond motifs is 1. The highest BCUT2D eigenvalue weighted by Crippen LogP contribution is 2.38. The Morgan fingerprint density at radius 3 is 2.96 bits per heavy atom. The van der Waals surface area contributed by atoms with Crippen LogP contribution in [-0.2, 0) is 14.4 Å². The van der Waals surface area contributed by atoms with Crippen LogP contribution >= 0.6 is 0 Å². The summed E-state index contributed by atoms with van der Waals surface area (Å²) in [4.78, 5) is 40.7. The second kappa shape index (κ2) is 6.30. The Balaban J connectivity index is 1.50. The average Bonchev–Trinajstić information content (AvgIpc) is 3.05. The van der Waals surface area contributed by atoms with Gasteiger partial charge in [0.2, 0.25) is 11.8 Å². The maximum atomic E-state index is 12.8. The van der Waals surface area contributed by atoms with Gasteiger partial charge in [-0.15, -0.1) is 0 Å². The van der Waals surface area contributed by atoms with E-state index in [4.69, 9.17) is 4.74 Å². The summed E-state index contributed by atoms with van der Waals surface area (Å²) in [6.07, 6.45) is 2.46. The van der Waals surface area contributed by atoms with E-state index < -0.39 is 5.41 Å². The maximum Gasteiger partial charge on any atom is 0.265 e. The molecule has 0 aliphatic carbocycles. The minimum Gasteiger partial charge on any atom is -0.482 e. The maximum absolute atomic E-state index is 12.8. The quantitative estimate of drug-likeness (QED) is 0.851. The Morgan fingerprint density at radius 2 is 2.15 bits per heavy atom. The van der Waals surface area contributed by atoms with Crippen LogP contribution in [-0.4, -0.2) is 55.4 Å². The standard InChI is InChI=1S/C19H23N3O4/c1-13-3-4-15-14(9-13)22(17(24)11-26-15)10-16(23)21-8-6-19(12-21)5-2-7-20-18(19)25/h3-4,9H,2,5-8,10-12H2,1H3,(H,20,25)/t19-/m0/s1. The minimum atomic E-state index is -0.447. The van der Waals surface area contributed by atoms with Crippen LogP contribution in [0.1, 0.15) is 24.8 Å². The van der Waals surface area contributed by atoms with Crippen molar-refractivity contribution in [2.24, 2.45) is 5.41 Å². The molecule has 2 saturated heterocycles. The number of benzene rings is 1. The Kier molecular flexibility index (Phi) is 4.09. The first kappa shape index (κ1) is 16.9. The van der Waals surface area contributed by atoms with Gasteiger partial charge in [-0.3, -0.25) is 19.3 Å². The van der Waals surface area contributed by atoms with Gasteiger partial charge >= 0.3 is 0 Å². The van der Waals surface area contributed by atoms with Gasteiger partial charge < -0.3 is 15.0 Å². The van der Waals surface area contributed by atoms with Crippen molar-refractivity contribution in [3.05, 3.63) is 23.8 Å². The third kappa shape index (κ3) is 2.81. The van der Waals surface area contributed by atoms with E-state index in [1.807, 2.05) is 25.1 Å². The Hall–Kier alpha value is -2.57. The lowest BCUT2D eigenvalue weighted by atomic mass is 9.79. The number of carbonyl (C=O) groups excluding carboxylic acids is 3. The fourth-order valence-electron chi connectivity index (χ4n) is 4.13. The summed E-state index contributed by atoms with van der Waals surface area (Å²) in [6.45, 7) is 3.58. The number of nitrogens with one attached hydrogen (secondary N) is 1. The lowest BCUT2D eigenvalue weighted by Crippen LogP contribution is -2.49. The molecule has 4 rings (SSSR count). The number of ether oxygens (including phenoxy) is 1. The molecule has 1 atom stereocenters. The summed E-state index contributed by atoms with van der Waals surface area (Å²) in [5, 5.41) is 2.92. The summed E-state index contributed by atoms with van der Waals surface area (Å²) < 4.78 is 5.46. The van der Waals surface area contributed by atoms with E-state index in [-0.39, 0.29) is 30.9 Å². The fraction of sp³-hybridized carbons (Fsp3) is 0.526. The number of likely N-dealkylation sites (tertiary alicyclic amines) is 1. The molecule has 3 amide bonds. The highest BCUT2D eigenvalue weighted by molar-refractivity contribution is 6.02. The number of hydrogen-bond acceptors (Lipinski definition) is 4. The number of carbonyl (C=O) groups is 3. The molecule has 0 unspecified atom stereocenters. The van der Waals surface area contributed by atoms with Gasteiger partial charge in [0, 0.05) is 19.6 Å². The average molecular weight is 357 g/mol. The second-order valence-corrected chi connectivity index (χ2v) is 7.44. The molecule has 3 aliphatic rings. The van der Waals surface area contributed by atoms with Crippen LogP contribution in [0.3, 0.4) is 0 Å². The smallest absolute Gasteiger partial charge is 0.265 e.